The summed E-state index contributed by atoms with van der Waals surface area (Å²) >= 11 is 0. The third-order valence-electron chi connectivity index (χ3n) is 3.88. The van der Waals surface area contributed by atoms with Crippen molar-refractivity contribution in [3.8, 4) is 0 Å². The normalized spacial score (nSPS) is 27.4. The lowest BCUT2D eigenvalue weighted by Crippen LogP contribution is -2.14. The summed E-state index contributed by atoms with van der Waals surface area (Å²) in [4.78, 5) is 4.69. The van der Waals surface area contributed by atoms with Crippen LogP contribution in [0.4, 0.5) is 0 Å². The molecule has 1 aromatic rings. The van der Waals surface area contributed by atoms with Crippen LogP contribution in [0.2, 0.25) is 0 Å². The average molecular weight is 220 g/mol. The van der Waals surface area contributed by atoms with Crippen molar-refractivity contribution in [3.63, 3.8) is 0 Å². The maximum atomic E-state index is 4.69. The molecule has 2 fully saturated rings. The molecule has 1 aliphatic heterocycles. The summed E-state index contributed by atoms with van der Waals surface area (Å²) in [5, 5.41) is 11.0. The molecule has 4 nitrogen and oxygen atoms in total. The van der Waals surface area contributed by atoms with Crippen LogP contribution in [-0.4, -0.2) is 21.7 Å². The molecule has 2 N–H and O–H groups in total. The molecule has 0 radical (unpaired) electrons. The highest BCUT2D eigenvalue weighted by molar-refractivity contribution is 5.03. The monoisotopic (exact) mass is 220 g/mol. The molecular formula is C12H20N4. The fourth-order valence-corrected chi connectivity index (χ4v) is 2.91. The molecule has 3 rings (SSSR count). The lowest BCUT2D eigenvalue weighted by Gasteiger charge is -2.18. The highest BCUT2D eigenvalue weighted by atomic mass is 15.2. The predicted molar refractivity (Wildman–Crippen MR) is 62.2 cm³/mol. The molecule has 0 bridgehead atoms. The number of aromatic nitrogens is 3. The zero-order valence-electron chi connectivity index (χ0n) is 9.71. The van der Waals surface area contributed by atoms with E-state index in [1.165, 1.54) is 44.9 Å². The first-order chi connectivity index (χ1) is 7.93. The summed E-state index contributed by atoms with van der Waals surface area (Å²) in [5.74, 6) is 2.72. The minimum Gasteiger partial charge on any atom is -0.307 e. The standard InChI is InChI=1S/C12H20N4/c1-2-5-9(6-3-1)11-14-12(16-15-11)10-7-4-8-13-10/h9-10,13H,1-8H2,(H,14,15,16)/t10-/m0/s1. The summed E-state index contributed by atoms with van der Waals surface area (Å²) in [7, 11) is 0. The third-order valence-corrected chi connectivity index (χ3v) is 3.88. The quantitative estimate of drug-likeness (QED) is 0.804. The highest BCUT2D eigenvalue weighted by Crippen LogP contribution is 2.31. The number of aromatic amines is 1. The number of rotatable bonds is 2. The molecule has 1 saturated carbocycles. The number of hydrogen-bond acceptors (Lipinski definition) is 3. The second-order valence-corrected chi connectivity index (χ2v) is 5.06. The Morgan fingerprint density at radius 3 is 2.62 bits per heavy atom. The SMILES string of the molecule is C1CCC(c2n[nH]c([C@@H]3CCCN3)n2)CC1. The minimum absolute atomic E-state index is 0.421. The fourth-order valence-electron chi connectivity index (χ4n) is 2.91. The Labute approximate surface area is 96.2 Å². The Bertz CT molecular complexity index is 335. The Hall–Kier alpha value is -0.900. The van der Waals surface area contributed by atoms with Gasteiger partial charge in [-0.05, 0) is 32.2 Å². The molecule has 0 amide bonds. The second-order valence-electron chi connectivity index (χ2n) is 5.06. The van der Waals surface area contributed by atoms with Crippen LogP contribution >= 0.6 is 0 Å². The lowest BCUT2D eigenvalue weighted by atomic mass is 9.89. The van der Waals surface area contributed by atoms with E-state index in [9.17, 15) is 0 Å². The van der Waals surface area contributed by atoms with Gasteiger partial charge in [-0.1, -0.05) is 19.3 Å². The van der Waals surface area contributed by atoms with E-state index >= 15 is 0 Å². The van der Waals surface area contributed by atoms with E-state index in [1.54, 1.807) is 0 Å². The summed E-state index contributed by atoms with van der Waals surface area (Å²) in [6.45, 7) is 1.12. The van der Waals surface area contributed by atoms with Crippen LogP contribution in [-0.2, 0) is 0 Å². The van der Waals surface area contributed by atoms with Crippen LogP contribution in [0.3, 0.4) is 0 Å². The average Bonchev–Trinajstić information content (AvgIpc) is 3.01. The van der Waals surface area contributed by atoms with E-state index in [4.69, 9.17) is 0 Å². The van der Waals surface area contributed by atoms with Gasteiger partial charge in [-0.25, -0.2) is 4.98 Å². The predicted octanol–water partition coefficient (Wildman–Crippen LogP) is 2.28. The van der Waals surface area contributed by atoms with Crippen LogP contribution < -0.4 is 5.32 Å². The van der Waals surface area contributed by atoms with Crippen molar-refractivity contribution in [3.05, 3.63) is 11.6 Å². The first-order valence-electron chi connectivity index (χ1n) is 6.59. The van der Waals surface area contributed by atoms with Crippen molar-refractivity contribution in [1.82, 2.24) is 20.5 Å². The molecule has 0 aromatic carbocycles. The maximum Gasteiger partial charge on any atom is 0.153 e. The minimum atomic E-state index is 0.421. The van der Waals surface area contributed by atoms with Gasteiger partial charge in [0, 0.05) is 5.92 Å². The number of hydrogen-bond donors (Lipinski definition) is 2. The lowest BCUT2D eigenvalue weighted by molar-refractivity contribution is 0.429. The van der Waals surface area contributed by atoms with Crippen LogP contribution in [0.15, 0.2) is 0 Å². The van der Waals surface area contributed by atoms with Gasteiger partial charge in [0.2, 0.25) is 0 Å². The van der Waals surface area contributed by atoms with E-state index < -0.39 is 0 Å². The van der Waals surface area contributed by atoms with Gasteiger partial charge in [0.15, 0.2) is 5.82 Å². The van der Waals surface area contributed by atoms with Gasteiger partial charge in [-0.2, -0.15) is 5.10 Å². The molecular weight excluding hydrogens is 200 g/mol. The van der Waals surface area contributed by atoms with Gasteiger partial charge in [0.25, 0.3) is 0 Å². The van der Waals surface area contributed by atoms with Crippen LogP contribution in [0.25, 0.3) is 0 Å². The highest BCUT2D eigenvalue weighted by Gasteiger charge is 2.23. The topological polar surface area (TPSA) is 53.6 Å². The molecule has 1 aromatic heterocycles. The molecule has 1 saturated heterocycles. The van der Waals surface area contributed by atoms with Gasteiger partial charge >= 0.3 is 0 Å². The Kier molecular flexibility index (Phi) is 2.91. The Balaban J connectivity index is 1.71. The number of H-pyrrole nitrogens is 1. The van der Waals surface area contributed by atoms with E-state index in [0.717, 1.165) is 18.2 Å². The largest absolute Gasteiger partial charge is 0.307 e. The van der Waals surface area contributed by atoms with Gasteiger partial charge in [0.1, 0.15) is 5.82 Å². The Morgan fingerprint density at radius 2 is 1.88 bits per heavy atom. The molecule has 0 spiro atoms. The van der Waals surface area contributed by atoms with Crippen molar-refractivity contribution in [2.75, 3.05) is 6.54 Å². The Morgan fingerprint density at radius 1 is 1.00 bits per heavy atom. The molecule has 4 heteroatoms. The number of nitrogens with one attached hydrogen (secondary N) is 2. The molecule has 1 aliphatic carbocycles. The van der Waals surface area contributed by atoms with E-state index in [0.29, 0.717) is 12.0 Å². The molecule has 2 heterocycles. The first kappa shape index (κ1) is 10.3. The number of nitrogens with zero attached hydrogens (tertiary/aromatic N) is 2. The van der Waals surface area contributed by atoms with E-state index in [2.05, 4.69) is 20.5 Å². The molecule has 1 atom stereocenters. The van der Waals surface area contributed by atoms with Gasteiger partial charge < -0.3 is 5.32 Å². The van der Waals surface area contributed by atoms with Gasteiger partial charge in [-0.3, -0.25) is 5.10 Å². The summed E-state index contributed by atoms with van der Waals surface area (Å²) in [6, 6.07) is 0.421. The summed E-state index contributed by atoms with van der Waals surface area (Å²) in [5.41, 5.74) is 0. The van der Waals surface area contributed by atoms with Crippen LogP contribution in [0.5, 0.6) is 0 Å². The molecule has 16 heavy (non-hydrogen) atoms. The summed E-state index contributed by atoms with van der Waals surface area (Å²) in [6.07, 6.45) is 9.07. The second kappa shape index (κ2) is 4.53. The maximum absolute atomic E-state index is 4.69. The van der Waals surface area contributed by atoms with Crippen LogP contribution in [0.1, 0.15) is 68.6 Å². The van der Waals surface area contributed by atoms with Crippen LogP contribution in [0, 0.1) is 0 Å². The van der Waals surface area contributed by atoms with Gasteiger partial charge in [0.05, 0.1) is 6.04 Å². The third kappa shape index (κ3) is 1.98. The van der Waals surface area contributed by atoms with Crippen molar-refractivity contribution in [2.24, 2.45) is 0 Å². The van der Waals surface area contributed by atoms with E-state index in [1.807, 2.05) is 0 Å². The van der Waals surface area contributed by atoms with Crippen molar-refractivity contribution < 1.29 is 0 Å². The zero-order valence-corrected chi connectivity index (χ0v) is 9.71. The van der Waals surface area contributed by atoms with Crippen molar-refractivity contribution in [2.45, 2.75) is 56.9 Å². The van der Waals surface area contributed by atoms with Gasteiger partial charge in [-0.15, -0.1) is 0 Å². The molecule has 88 valence electrons. The molecule has 2 aliphatic rings. The smallest absolute Gasteiger partial charge is 0.153 e. The first-order valence-corrected chi connectivity index (χ1v) is 6.59. The van der Waals surface area contributed by atoms with Crippen molar-refractivity contribution >= 4 is 0 Å². The summed E-state index contributed by atoms with van der Waals surface area (Å²) < 4.78 is 0. The fraction of sp³-hybridized carbons (Fsp3) is 0.833. The zero-order chi connectivity index (χ0) is 10.8. The van der Waals surface area contributed by atoms with E-state index in [-0.39, 0.29) is 0 Å². The molecule has 0 unspecified atom stereocenters. The van der Waals surface area contributed by atoms with Crippen molar-refractivity contribution in [1.29, 1.82) is 0 Å².